The van der Waals surface area contributed by atoms with Crippen molar-refractivity contribution in [1.29, 1.82) is 0 Å². The minimum atomic E-state index is -4.59. The average molecular weight is 278 g/mol. The molecular weight excluding hydrogens is 263 g/mol. The monoisotopic (exact) mass is 278 g/mol. The van der Waals surface area contributed by atoms with E-state index in [4.69, 9.17) is 0 Å². The summed E-state index contributed by atoms with van der Waals surface area (Å²) in [6, 6.07) is 17.7. The van der Waals surface area contributed by atoms with Crippen molar-refractivity contribution < 1.29 is 19.5 Å². The van der Waals surface area contributed by atoms with Gasteiger partial charge in [-0.25, -0.2) is 0 Å². The van der Waals surface area contributed by atoms with Gasteiger partial charge in [-0.15, -0.1) is 0 Å². The van der Waals surface area contributed by atoms with Crippen LogP contribution >= 0.6 is 7.60 Å². The molecule has 0 saturated heterocycles. The molecule has 0 spiro atoms. The highest BCUT2D eigenvalue weighted by molar-refractivity contribution is 7.52. The SMILES string of the molecule is O=P(O)(O)C(O)C(c1ccccc1)c1ccccc1. The van der Waals surface area contributed by atoms with Crippen molar-refractivity contribution in [3.8, 4) is 0 Å². The molecule has 1 atom stereocenters. The van der Waals surface area contributed by atoms with Gasteiger partial charge < -0.3 is 14.9 Å². The fourth-order valence-corrected chi connectivity index (χ4v) is 2.78. The lowest BCUT2D eigenvalue weighted by molar-refractivity contribution is 0.187. The summed E-state index contributed by atoms with van der Waals surface area (Å²) in [6.45, 7) is 0. The molecule has 0 aliphatic rings. The molecule has 2 aromatic carbocycles. The first-order chi connectivity index (χ1) is 9.00. The molecule has 0 heterocycles. The van der Waals surface area contributed by atoms with Gasteiger partial charge in [-0.2, -0.15) is 0 Å². The summed E-state index contributed by atoms with van der Waals surface area (Å²) in [5.74, 6) is -2.50. The van der Waals surface area contributed by atoms with Gasteiger partial charge >= 0.3 is 7.60 Å². The molecular formula is C14H15O4P. The summed E-state index contributed by atoms with van der Waals surface area (Å²) in [5.41, 5.74) is 1.34. The van der Waals surface area contributed by atoms with Gasteiger partial charge in [-0.1, -0.05) is 60.7 Å². The van der Waals surface area contributed by atoms with Gasteiger partial charge in [0.1, 0.15) is 0 Å². The second kappa shape index (κ2) is 5.68. The van der Waals surface area contributed by atoms with E-state index in [2.05, 4.69) is 0 Å². The molecule has 5 heteroatoms. The maximum Gasteiger partial charge on any atom is 0.354 e. The number of rotatable bonds is 4. The maximum atomic E-state index is 11.4. The van der Waals surface area contributed by atoms with Crippen LogP contribution in [0.15, 0.2) is 60.7 Å². The molecule has 0 amide bonds. The number of benzene rings is 2. The normalized spacial score (nSPS) is 13.5. The third kappa shape index (κ3) is 3.31. The van der Waals surface area contributed by atoms with E-state index in [1.807, 2.05) is 12.1 Å². The lowest BCUT2D eigenvalue weighted by Crippen LogP contribution is -2.19. The van der Waals surface area contributed by atoms with E-state index in [1.54, 1.807) is 48.5 Å². The molecule has 0 saturated carbocycles. The number of hydrogen-bond donors (Lipinski definition) is 3. The zero-order valence-electron chi connectivity index (χ0n) is 10.1. The van der Waals surface area contributed by atoms with Crippen LogP contribution in [0.2, 0.25) is 0 Å². The van der Waals surface area contributed by atoms with Crippen LogP contribution in [0.4, 0.5) is 0 Å². The summed E-state index contributed by atoms with van der Waals surface area (Å²) in [5, 5.41) is 9.99. The first-order valence-electron chi connectivity index (χ1n) is 5.83. The Morgan fingerprint density at radius 1 is 0.789 bits per heavy atom. The lowest BCUT2D eigenvalue weighted by Gasteiger charge is -2.24. The highest BCUT2D eigenvalue weighted by atomic mass is 31.2. The first-order valence-corrected chi connectivity index (χ1v) is 7.51. The van der Waals surface area contributed by atoms with Gasteiger partial charge in [0.2, 0.25) is 0 Å². The smallest absolute Gasteiger partial charge is 0.354 e. The van der Waals surface area contributed by atoms with Crippen LogP contribution in [-0.4, -0.2) is 20.7 Å². The van der Waals surface area contributed by atoms with Gasteiger partial charge in [-0.05, 0) is 11.1 Å². The van der Waals surface area contributed by atoms with Crippen molar-refractivity contribution in [2.75, 3.05) is 0 Å². The van der Waals surface area contributed by atoms with Crippen molar-refractivity contribution in [2.24, 2.45) is 0 Å². The van der Waals surface area contributed by atoms with Crippen LogP contribution in [0, 0.1) is 0 Å². The van der Waals surface area contributed by atoms with Crippen molar-refractivity contribution in [3.05, 3.63) is 71.8 Å². The maximum absolute atomic E-state index is 11.4. The molecule has 0 radical (unpaired) electrons. The second-order valence-corrected chi connectivity index (χ2v) is 6.01. The van der Waals surface area contributed by atoms with E-state index in [0.717, 1.165) is 0 Å². The van der Waals surface area contributed by atoms with E-state index < -0.39 is 19.4 Å². The summed E-state index contributed by atoms with van der Waals surface area (Å²) in [7, 11) is -4.59. The largest absolute Gasteiger partial charge is 0.380 e. The molecule has 19 heavy (non-hydrogen) atoms. The fraction of sp³-hybridized carbons (Fsp3) is 0.143. The van der Waals surface area contributed by atoms with Crippen LogP contribution < -0.4 is 0 Å². The summed E-state index contributed by atoms with van der Waals surface area (Å²) >= 11 is 0. The number of aliphatic hydroxyl groups is 1. The Kier molecular flexibility index (Phi) is 4.17. The van der Waals surface area contributed by atoms with Gasteiger partial charge in [0.15, 0.2) is 5.85 Å². The zero-order valence-corrected chi connectivity index (χ0v) is 11.0. The van der Waals surface area contributed by atoms with E-state index in [0.29, 0.717) is 11.1 Å². The Labute approximate surface area is 111 Å². The number of hydrogen-bond acceptors (Lipinski definition) is 2. The van der Waals surface area contributed by atoms with Crippen LogP contribution in [0.25, 0.3) is 0 Å². The van der Waals surface area contributed by atoms with E-state index >= 15 is 0 Å². The minimum Gasteiger partial charge on any atom is -0.380 e. The van der Waals surface area contributed by atoms with E-state index in [9.17, 15) is 19.5 Å². The van der Waals surface area contributed by atoms with E-state index in [-0.39, 0.29) is 0 Å². The first kappa shape index (κ1) is 14.0. The summed E-state index contributed by atoms with van der Waals surface area (Å²) in [4.78, 5) is 18.5. The van der Waals surface area contributed by atoms with Crippen LogP contribution in [0.1, 0.15) is 17.0 Å². The Morgan fingerprint density at radius 3 is 1.47 bits per heavy atom. The van der Waals surface area contributed by atoms with Gasteiger partial charge in [0, 0.05) is 5.92 Å². The Bertz CT molecular complexity index is 525. The topological polar surface area (TPSA) is 77.8 Å². The Morgan fingerprint density at radius 2 is 1.16 bits per heavy atom. The lowest BCUT2D eigenvalue weighted by atomic mass is 9.92. The summed E-state index contributed by atoms with van der Waals surface area (Å²) in [6.07, 6.45) is 0. The zero-order chi connectivity index (χ0) is 13.9. The molecule has 3 N–H and O–H groups in total. The predicted octanol–water partition coefficient (Wildman–Crippen LogP) is 2.31. The minimum absolute atomic E-state index is 0.671. The molecule has 0 aromatic heterocycles. The molecule has 0 aliphatic heterocycles. The standard InChI is InChI=1S/C14H15O4P/c15-14(19(16,17)18)13(11-7-3-1-4-8-11)12-9-5-2-6-10-12/h1-10,13-15H,(H2,16,17,18). The fourth-order valence-electron chi connectivity index (χ4n) is 2.05. The molecule has 2 aromatic rings. The van der Waals surface area contributed by atoms with Crippen LogP contribution in [0.3, 0.4) is 0 Å². The van der Waals surface area contributed by atoms with Crippen molar-refractivity contribution >= 4 is 7.60 Å². The number of aliphatic hydroxyl groups excluding tert-OH is 1. The molecule has 1 unspecified atom stereocenters. The van der Waals surface area contributed by atoms with Crippen LogP contribution in [0.5, 0.6) is 0 Å². The second-order valence-electron chi connectivity index (χ2n) is 4.30. The Balaban J connectivity index is 2.49. The molecule has 0 bridgehead atoms. The van der Waals surface area contributed by atoms with Crippen molar-refractivity contribution in [2.45, 2.75) is 11.8 Å². The third-order valence-electron chi connectivity index (χ3n) is 2.96. The highest BCUT2D eigenvalue weighted by Gasteiger charge is 2.36. The molecule has 0 aliphatic carbocycles. The van der Waals surface area contributed by atoms with Gasteiger partial charge in [0.05, 0.1) is 0 Å². The van der Waals surface area contributed by atoms with Crippen LogP contribution in [-0.2, 0) is 4.57 Å². The third-order valence-corrected chi connectivity index (χ3v) is 3.95. The Hall–Kier alpha value is -1.45. The quantitative estimate of drug-likeness (QED) is 0.750. The van der Waals surface area contributed by atoms with Crippen molar-refractivity contribution in [3.63, 3.8) is 0 Å². The highest BCUT2D eigenvalue weighted by Crippen LogP contribution is 2.48. The summed E-state index contributed by atoms with van der Waals surface area (Å²) < 4.78 is 11.4. The van der Waals surface area contributed by atoms with E-state index in [1.165, 1.54) is 0 Å². The van der Waals surface area contributed by atoms with Gasteiger partial charge in [-0.3, -0.25) is 4.57 Å². The molecule has 4 nitrogen and oxygen atoms in total. The molecule has 0 fully saturated rings. The molecule has 2 rings (SSSR count). The van der Waals surface area contributed by atoms with Gasteiger partial charge in [0.25, 0.3) is 0 Å². The van der Waals surface area contributed by atoms with Crippen molar-refractivity contribution in [1.82, 2.24) is 0 Å². The average Bonchev–Trinajstić information content (AvgIpc) is 2.40. The predicted molar refractivity (Wildman–Crippen MR) is 72.8 cm³/mol. The molecule has 100 valence electrons.